The van der Waals surface area contributed by atoms with Gasteiger partial charge >= 0.3 is 18.2 Å². The van der Waals surface area contributed by atoms with E-state index in [1.54, 1.807) is 0 Å². The van der Waals surface area contributed by atoms with E-state index in [4.69, 9.17) is 9.84 Å². The second kappa shape index (κ2) is 10.6. The summed E-state index contributed by atoms with van der Waals surface area (Å²) < 4.78 is 45.8. The molecule has 1 unspecified atom stereocenters. The van der Waals surface area contributed by atoms with Crippen LogP contribution >= 0.6 is 0 Å². The highest BCUT2D eigenvalue weighted by Gasteiger charge is 2.46. The van der Waals surface area contributed by atoms with E-state index < -0.39 is 43.0 Å². The van der Waals surface area contributed by atoms with Crippen LogP contribution in [-0.4, -0.2) is 60.4 Å². The number of fused-ring (bicyclic) bond motifs is 3. The number of nitrogens with one attached hydrogen (secondary N) is 1. The SMILES string of the molecule is CCN(CCC(=O)O)C(=O)C(CNC(=O)OCC1c2ccccc2-c2ccccc21)C(F)(F)F. The lowest BCUT2D eigenvalue weighted by atomic mass is 9.98. The summed E-state index contributed by atoms with van der Waals surface area (Å²) in [7, 11) is 0. The van der Waals surface area contributed by atoms with Crippen LogP contribution < -0.4 is 5.32 Å². The molecule has 1 aliphatic carbocycles. The van der Waals surface area contributed by atoms with Crippen molar-refractivity contribution >= 4 is 18.0 Å². The average Bonchev–Trinajstić information content (AvgIpc) is 3.11. The molecule has 0 aromatic heterocycles. The summed E-state index contributed by atoms with van der Waals surface area (Å²) >= 11 is 0. The maximum atomic E-state index is 13.5. The van der Waals surface area contributed by atoms with Crippen molar-refractivity contribution in [2.24, 2.45) is 5.92 Å². The fraction of sp³-hybridized carbons (Fsp3) is 0.375. The predicted octanol–water partition coefficient (Wildman–Crippen LogP) is 4.03. The van der Waals surface area contributed by atoms with Crippen LogP contribution in [-0.2, 0) is 14.3 Å². The Balaban J connectivity index is 1.63. The molecule has 0 spiro atoms. The number of rotatable bonds is 9. The fourth-order valence-electron chi connectivity index (χ4n) is 4.05. The standard InChI is InChI=1S/C24H25F3N2O5/c1-2-29(12-11-21(30)31)22(32)20(24(25,26)27)13-28-23(33)34-14-19-17-9-5-3-7-15(17)16-8-4-6-10-18(16)19/h3-10,19-20H,2,11-14H2,1H3,(H,28,33)(H,30,31). The van der Waals surface area contributed by atoms with Gasteiger partial charge < -0.3 is 20.1 Å². The summed E-state index contributed by atoms with van der Waals surface area (Å²) in [4.78, 5) is 36.2. The number of alkyl halides is 3. The van der Waals surface area contributed by atoms with Crippen LogP contribution in [0.25, 0.3) is 11.1 Å². The number of carboxylic acids is 1. The summed E-state index contributed by atoms with van der Waals surface area (Å²) in [6.07, 6.45) is -6.48. The van der Waals surface area contributed by atoms with E-state index in [1.165, 1.54) is 6.92 Å². The molecule has 0 saturated carbocycles. The maximum absolute atomic E-state index is 13.5. The van der Waals surface area contributed by atoms with Crippen molar-refractivity contribution in [1.29, 1.82) is 0 Å². The zero-order valence-corrected chi connectivity index (χ0v) is 18.5. The molecule has 7 nitrogen and oxygen atoms in total. The number of alkyl carbamates (subject to hydrolysis) is 1. The van der Waals surface area contributed by atoms with E-state index in [0.29, 0.717) is 0 Å². The van der Waals surface area contributed by atoms with Gasteiger partial charge in [-0.15, -0.1) is 0 Å². The summed E-state index contributed by atoms with van der Waals surface area (Å²) in [6.45, 7) is -0.0925. The molecule has 1 aliphatic rings. The highest BCUT2D eigenvalue weighted by atomic mass is 19.4. The number of benzene rings is 2. The molecule has 0 radical (unpaired) electrons. The number of carbonyl (C=O) groups is 3. The van der Waals surface area contributed by atoms with Gasteiger partial charge in [0.2, 0.25) is 5.91 Å². The zero-order valence-electron chi connectivity index (χ0n) is 18.5. The van der Waals surface area contributed by atoms with Gasteiger partial charge in [0, 0.05) is 25.6 Å². The van der Waals surface area contributed by atoms with Gasteiger partial charge in [-0.05, 0) is 29.2 Å². The van der Waals surface area contributed by atoms with Crippen molar-refractivity contribution in [1.82, 2.24) is 10.2 Å². The molecule has 1 atom stereocenters. The van der Waals surface area contributed by atoms with Gasteiger partial charge in [0.25, 0.3) is 0 Å². The molecule has 2 aromatic rings. The van der Waals surface area contributed by atoms with Gasteiger partial charge in [0.15, 0.2) is 5.92 Å². The molecule has 34 heavy (non-hydrogen) atoms. The Kier molecular flexibility index (Phi) is 7.80. The molecule has 0 heterocycles. The monoisotopic (exact) mass is 478 g/mol. The molecule has 2 amide bonds. The average molecular weight is 478 g/mol. The highest BCUT2D eigenvalue weighted by molar-refractivity contribution is 5.81. The van der Waals surface area contributed by atoms with Crippen LogP contribution in [0, 0.1) is 5.92 Å². The van der Waals surface area contributed by atoms with Gasteiger partial charge in [-0.3, -0.25) is 9.59 Å². The number of hydrogen-bond acceptors (Lipinski definition) is 4. The van der Waals surface area contributed by atoms with Gasteiger partial charge in [-0.2, -0.15) is 13.2 Å². The van der Waals surface area contributed by atoms with Crippen LogP contribution in [0.5, 0.6) is 0 Å². The van der Waals surface area contributed by atoms with E-state index >= 15 is 0 Å². The Labute approximate surface area is 194 Å². The molecule has 182 valence electrons. The molecule has 3 rings (SSSR count). The fourth-order valence-corrected chi connectivity index (χ4v) is 4.05. The molecule has 2 N–H and O–H groups in total. The maximum Gasteiger partial charge on any atom is 0.407 e. The second-order valence-corrected chi connectivity index (χ2v) is 7.86. The Hall–Kier alpha value is -3.56. The lowest BCUT2D eigenvalue weighted by molar-refractivity contribution is -0.187. The lowest BCUT2D eigenvalue weighted by Gasteiger charge is -2.27. The summed E-state index contributed by atoms with van der Waals surface area (Å²) in [6, 6.07) is 15.3. The first-order valence-corrected chi connectivity index (χ1v) is 10.8. The number of carbonyl (C=O) groups excluding carboxylic acids is 2. The first-order valence-electron chi connectivity index (χ1n) is 10.8. The van der Waals surface area contributed by atoms with Crippen molar-refractivity contribution in [2.75, 3.05) is 26.2 Å². The second-order valence-electron chi connectivity index (χ2n) is 7.86. The Bertz CT molecular complexity index is 1010. The van der Waals surface area contributed by atoms with E-state index in [2.05, 4.69) is 0 Å². The van der Waals surface area contributed by atoms with Crippen molar-refractivity contribution in [2.45, 2.75) is 25.4 Å². The van der Waals surface area contributed by atoms with Crippen molar-refractivity contribution in [3.05, 3.63) is 59.7 Å². The molecule has 0 bridgehead atoms. The smallest absolute Gasteiger partial charge is 0.407 e. The van der Waals surface area contributed by atoms with Crippen LogP contribution in [0.15, 0.2) is 48.5 Å². The Morgan fingerprint density at radius 3 is 2.12 bits per heavy atom. The largest absolute Gasteiger partial charge is 0.481 e. The van der Waals surface area contributed by atoms with Crippen LogP contribution in [0.1, 0.15) is 30.4 Å². The van der Waals surface area contributed by atoms with E-state index in [0.717, 1.165) is 27.2 Å². The number of carboxylic acid groups (broad SMARTS) is 1. The number of nitrogens with zero attached hydrogens (tertiary/aromatic N) is 1. The third kappa shape index (κ3) is 5.67. The van der Waals surface area contributed by atoms with E-state index in [9.17, 15) is 27.6 Å². The minimum absolute atomic E-state index is 0.0792. The van der Waals surface area contributed by atoms with Gasteiger partial charge in [-0.25, -0.2) is 4.79 Å². The molecule has 2 aromatic carbocycles. The number of ether oxygens (including phenoxy) is 1. The Morgan fingerprint density at radius 1 is 1.06 bits per heavy atom. The van der Waals surface area contributed by atoms with Gasteiger partial charge in [0.05, 0.1) is 6.42 Å². The molecule has 0 aliphatic heterocycles. The lowest BCUT2D eigenvalue weighted by Crippen LogP contribution is -2.48. The van der Waals surface area contributed by atoms with E-state index in [1.807, 2.05) is 53.8 Å². The third-order valence-electron chi connectivity index (χ3n) is 5.78. The highest BCUT2D eigenvalue weighted by Crippen LogP contribution is 2.44. The summed E-state index contributed by atoms with van der Waals surface area (Å²) in [5.74, 6) is -5.30. The normalized spacial score (nSPS) is 13.5. The first-order chi connectivity index (χ1) is 16.1. The first kappa shape index (κ1) is 25.1. The zero-order chi connectivity index (χ0) is 24.9. The summed E-state index contributed by atoms with van der Waals surface area (Å²) in [5.41, 5.74) is 3.93. The minimum atomic E-state index is -4.93. The van der Waals surface area contributed by atoms with Crippen molar-refractivity contribution in [3.63, 3.8) is 0 Å². The number of halogens is 3. The van der Waals surface area contributed by atoms with Crippen LogP contribution in [0.4, 0.5) is 18.0 Å². The third-order valence-corrected chi connectivity index (χ3v) is 5.78. The van der Waals surface area contributed by atoms with E-state index in [-0.39, 0.29) is 25.6 Å². The summed E-state index contributed by atoms with van der Waals surface area (Å²) in [5, 5.41) is 10.8. The van der Waals surface area contributed by atoms with Crippen molar-refractivity contribution in [3.8, 4) is 11.1 Å². The molecule has 10 heteroatoms. The number of hydrogen-bond donors (Lipinski definition) is 2. The quantitative estimate of drug-likeness (QED) is 0.568. The molecular formula is C24H25F3N2O5. The minimum Gasteiger partial charge on any atom is -0.481 e. The number of aliphatic carboxylic acids is 1. The van der Waals surface area contributed by atoms with Gasteiger partial charge in [0.1, 0.15) is 6.61 Å². The van der Waals surface area contributed by atoms with Gasteiger partial charge in [-0.1, -0.05) is 48.5 Å². The molecule has 0 fully saturated rings. The topological polar surface area (TPSA) is 95.9 Å². The molecular weight excluding hydrogens is 453 g/mol. The number of amides is 2. The van der Waals surface area contributed by atoms with Crippen molar-refractivity contribution < 1.29 is 37.4 Å². The van der Waals surface area contributed by atoms with Crippen LogP contribution in [0.3, 0.4) is 0 Å². The van der Waals surface area contributed by atoms with Crippen LogP contribution in [0.2, 0.25) is 0 Å². The predicted molar refractivity (Wildman–Crippen MR) is 117 cm³/mol. The Morgan fingerprint density at radius 2 is 1.62 bits per heavy atom. The molecule has 0 saturated heterocycles.